The van der Waals surface area contributed by atoms with Crippen LogP contribution in [0.25, 0.3) is 0 Å². The summed E-state index contributed by atoms with van der Waals surface area (Å²) in [5.41, 5.74) is -1.93. The third-order valence-corrected chi connectivity index (χ3v) is 2.35. The van der Waals surface area contributed by atoms with E-state index in [1.165, 1.54) is 0 Å². The van der Waals surface area contributed by atoms with Gasteiger partial charge in [-0.3, -0.25) is 4.79 Å². The number of carboxylic acid groups (broad SMARTS) is 1. The maximum atomic E-state index is 12.5. The molecule has 1 amide bonds. The minimum absolute atomic E-state index is 0.0451. The summed E-state index contributed by atoms with van der Waals surface area (Å²) in [6.07, 6.45) is 0.413. The van der Waals surface area contributed by atoms with Crippen LogP contribution < -0.4 is 5.32 Å². The van der Waals surface area contributed by atoms with E-state index in [0.29, 0.717) is 12.1 Å². The lowest BCUT2D eigenvalue weighted by Crippen LogP contribution is -2.15. The van der Waals surface area contributed by atoms with Gasteiger partial charge < -0.3 is 10.4 Å². The van der Waals surface area contributed by atoms with E-state index in [4.69, 9.17) is 11.5 Å². The fourth-order valence-corrected chi connectivity index (χ4v) is 1.40. The van der Waals surface area contributed by atoms with Gasteiger partial charge in [-0.05, 0) is 18.2 Å². The van der Waals surface area contributed by atoms with Crippen molar-refractivity contribution >= 4 is 17.6 Å². The van der Waals surface area contributed by atoms with Crippen LogP contribution in [0.4, 0.5) is 18.9 Å². The molecule has 0 aliphatic heterocycles. The van der Waals surface area contributed by atoms with Crippen LogP contribution in [0.15, 0.2) is 18.2 Å². The van der Waals surface area contributed by atoms with Gasteiger partial charge in [-0.25, -0.2) is 4.79 Å². The topological polar surface area (TPSA) is 66.4 Å². The van der Waals surface area contributed by atoms with Crippen molar-refractivity contribution in [2.45, 2.75) is 19.0 Å². The smallest absolute Gasteiger partial charge is 0.416 e. The average molecular weight is 285 g/mol. The SMILES string of the molecule is C#CCCC(=O)Nc1ccc(C(F)(F)F)cc1C(=O)O. The number of nitrogens with one attached hydrogen (secondary N) is 1. The first-order chi connectivity index (χ1) is 9.25. The van der Waals surface area contributed by atoms with Gasteiger partial charge in [0.05, 0.1) is 16.8 Å². The number of hydrogen-bond acceptors (Lipinski definition) is 2. The highest BCUT2D eigenvalue weighted by Gasteiger charge is 2.31. The second kappa shape index (κ2) is 6.10. The van der Waals surface area contributed by atoms with Gasteiger partial charge in [0.2, 0.25) is 5.91 Å². The first-order valence-electron chi connectivity index (χ1n) is 5.43. The van der Waals surface area contributed by atoms with E-state index in [9.17, 15) is 22.8 Å². The summed E-state index contributed by atoms with van der Waals surface area (Å²) >= 11 is 0. The largest absolute Gasteiger partial charge is 0.478 e. The normalized spacial score (nSPS) is 10.7. The Bertz CT molecular complexity index is 573. The molecule has 0 unspecified atom stereocenters. The van der Waals surface area contributed by atoms with E-state index in [1.54, 1.807) is 0 Å². The minimum atomic E-state index is -4.66. The Kier molecular flexibility index (Phi) is 4.75. The summed E-state index contributed by atoms with van der Waals surface area (Å²) in [5.74, 6) is 0.0939. The number of amides is 1. The highest BCUT2D eigenvalue weighted by Crippen LogP contribution is 2.31. The number of hydrogen-bond donors (Lipinski definition) is 2. The quantitative estimate of drug-likeness (QED) is 0.836. The van der Waals surface area contributed by atoms with Crippen molar-refractivity contribution in [2.75, 3.05) is 5.32 Å². The number of terminal acetylenes is 1. The molecule has 0 aromatic heterocycles. The van der Waals surface area contributed by atoms with Crippen molar-refractivity contribution in [3.05, 3.63) is 29.3 Å². The first-order valence-corrected chi connectivity index (χ1v) is 5.43. The number of carboxylic acids is 1. The van der Waals surface area contributed by atoms with Crippen LogP contribution >= 0.6 is 0 Å². The van der Waals surface area contributed by atoms with E-state index in [2.05, 4.69) is 11.2 Å². The van der Waals surface area contributed by atoms with Crippen LogP contribution in [-0.4, -0.2) is 17.0 Å². The van der Waals surface area contributed by atoms with Gasteiger partial charge in [0.15, 0.2) is 0 Å². The van der Waals surface area contributed by atoms with Crippen LogP contribution in [0.2, 0.25) is 0 Å². The highest BCUT2D eigenvalue weighted by atomic mass is 19.4. The number of aromatic carboxylic acids is 1. The lowest BCUT2D eigenvalue weighted by atomic mass is 10.1. The van der Waals surface area contributed by atoms with E-state index >= 15 is 0 Å². The predicted octanol–water partition coefficient (Wildman–Crippen LogP) is 2.76. The Morgan fingerprint density at radius 1 is 1.35 bits per heavy atom. The maximum Gasteiger partial charge on any atom is 0.416 e. The molecule has 20 heavy (non-hydrogen) atoms. The summed E-state index contributed by atoms with van der Waals surface area (Å²) in [7, 11) is 0. The molecule has 0 radical (unpaired) electrons. The van der Waals surface area contributed by atoms with Gasteiger partial charge in [0, 0.05) is 12.8 Å². The number of alkyl halides is 3. The van der Waals surface area contributed by atoms with E-state index in [-0.39, 0.29) is 18.5 Å². The van der Waals surface area contributed by atoms with Crippen LogP contribution in [0, 0.1) is 12.3 Å². The van der Waals surface area contributed by atoms with Crippen molar-refractivity contribution in [1.29, 1.82) is 0 Å². The zero-order chi connectivity index (χ0) is 15.3. The summed E-state index contributed by atoms with van der Waals surface area (Å²) in [5, 5.41) is 11.1. The van der Waals surface area contributed by atoms with Crippen molar-refractivity contribution in [1.82, 2.24) is 0 Å². The Morgan fingerprint density at radius 2 is 2.00 bits per heavy atom. The molecular formula is C13H10F3NO3. The number of rotatable bonds is 4. The second-order valence-corrected chi connectivity index (χ2v) is 3.82. The monoisotopic (exact) mass is 285 g/mol. The van der Waals surface area contributed by atoms with Gasteiger partial charge in [0.25, 0.3) is 0 Å². The predicted molar refractivity (Wildman–Crippen MR) is 65.1 cm³/mol. The van der Waals surface area contributed by atoms with Crippen LogP contribution in [0.1, 0.15) is 28.8 Å². The second-order valence-electron chi connectivity index (χ2n) is 3.82. The molecule has 4 nitrogen and oxygen atoms in total. The van der Waals surface area contributed by atoms with Crippen molar-refractivity contribution < 1.29 is 27.9 Å². The molecule has 0 fully saturated rings. The molecule has 0 bridgehead atoms. The number of benzene rings is 1. The summed E-state index contributed by atoms with van der Waals surface area (Å²) in [4.78, 5) is 22.4. The lowest BCUT2D eigenvalue weighted by molar-refractivity contribution is -0.137. The van der Waals surface area contributed by atoms with Crippen molar-refractivity contribution in [3.8, 4) is 12.3 Å². The third-order valence-electron chi connectivity index (χ3n) is 2.35. The molecule has 0 heterocycles. The molecule has 1 rings (SSSR count). The molecule has 0 aliphatic carbocycles. The fourth-order valence-electron chi connectivity index (χ4n) is 1.40. The molecule has 0 aliphatic rings. The maximum absolute atomic E-state index is 12.5. The number of anilines is 1. The molecule has 0 saturated heterocycles. The first kappa shape index (κ1) is 15.6. The van der Waals surface area contributed by atoms with Crippen molar-refractivity contribution in [2.24, 2.45) is 0 Å². The van der Waals surface area contributed by atoms with Gasteiger partial charge in [-0.1, -0.05) is 0 Å². The van der Waals surface area contributed by atoms with Crippen LogP contribution in [-0.2, 0) is 11.0 Å². The Morgan fingerprint density at radius 3 is 2.50 bits per heavy atom. The standard InChI is InChI=1S/C13H10F3NO3/c1-2-3-4-11(18)17-10-6-5-8(13(14,15)16)7-9(10)12(19)20/h1,5-7H,3-4H2,(H,17,18)(H,19,20). The molecular weight excluding hydrogens is 275 g/mol. The summed E-state index contributed by atoms with van der Waals surface area (Å²) in [6.45, 7) is 0. The zero-order valence-electron chi connectivity index (χ0n) is 10.1. The van der Waals surface area contributed by atoms with Gasteiger partial charge >= 0.3 is 12.1 Å². The molecule has 106 valence electrons. The van der Waals surface area contributed by atoms with Gasteiger partial charge in [-0.15, -0.1) is 12.3 Å². The molecule has 0 spiro atoms. The van der Waals surface area contributed by atoms with Crippen molar-refractivity contribution in [3.63, 3.8) is 0 Å². The zero-order valence-corrected chi connectivity index (χ0v) is 10.1. The number of halogens is 3. The van der Waals surface area contributed by atoms with Crippen LogP contribution in [0.3, 0.4) is 0 Å². The Labute approximate surface area is 112 Å². The molecule has 2 N–H and O–H groups in total. The molecule has 1 aromatic carbocycles. The van der Waals surface area contributed by atoms with Gasteiger partial charge in [0.1, 0.15) is 0 Å². The third kappa shape index (κ3) is 4.02. The molecule has 0 atom stereocenters. The minimum Gasteiger partial charge on any atom is -0.478 e. The number of carbonyl (C=O) groups is 2. The van der Waals surface area contributed by atoms with E-state index in [0.717, 1.165) is 6.07 Å². The van der Waals surface area contributed by atoms with E-state index in [1.807, 2.05) is 0 Å². The lowest BCUT2D eigenvalue weighted by Gasteiger charge is -2.12. The Hall–Kier alpha value is -2.49. The molecule has 7 heteroatoms. The van der Waals surface area contributed by atoms with Crippen LogP contribution in [0.5, 0.6) is 0 Å². The average Bonchev–Trinajstić information content (AvgIpc) is 2.35. The number of carbonyl (C=O) groups excluding carboxylic acids is 1. The van der Waals surface area contributed by atoms with E-state index < -0.39 is 29.2 Å². The summed E-state index contributed by atoms with van der Waals surface area (Å²) < 4.78 is 37.5. The van der Waals surface area contributed by atoms with Gasteiger partial charge in [-0.2, -0.15) is 13.2 Å². The fraction of sp³-hybridized carbons (Fsp3) is 0.231. The molecule has 1 aromatic rings. The Balaban J connectivity index is 3.06. The highest BCUT2D eigenvalue weighted by molar-refractivity contribution is 6.00. The molecule has 0 saturated carbocycles. The summed E-state index contributed by atoms with van der Waals surface area (Å²) in [6, 6.07) is 2.07.